The first-order chi connectivity index (χ1) is 14.8. The smallest absolute Gasteiger partial charge is 0.412 e. The second-order valence-electron chi connectivity index (χ2n) is 9.74. The standard InChI is InChI=1S/C24H35N3O4S/c1-9-10-11-16-15-26(23(2,3)4)32-21(16)25-20(28)18-14-17(12-13-19(18)31-8)27(22(29)30)24(5,6)7/h12-15H,9-11H2,1-8H3,(H,29,30). The number of benzene rings is 1. The van der Waals surface area contributed by atoms with Crippen molar-refractivity contribution in [3.8, 4) is 5.75 Å². The highest BCUT2D eigenvalue weighted by molar-refractivity contribution is 7.04. The van der Waals surface area contributed by atoms with E-state index in [1.807, 2.05) is 0 Å². The van der Waals surface area contributed by atoms with E-state index in [4.69, 9.17) is 4.74 Å². The van der Waals surface area contributed by atoms with E-state index in [1.54, 1.807) is 39.0 Å². The van der Waals surface area contributed by atoms with Crippen LogP contribution in [0, 0.1) is 0 Å². The van der Waals surface area contributed by atoms with Crippen LogP contribution in [-0.4, -0.2) is 33.7 Å². The summed E-state index contributed by atoms with van der Waals surface area (Å²) in [5, 5.41) is 9.74. The number of methoxy groups -OCH3 is 1. The summed E-state index contributed by atoms with van der Waals surface area (Å²) in [6.45, 7) is 13.9. The van der Waals surface area contributed by atoms with Crippen LogP contribution in [0.25, 0.3) is 0 Å². The number of aryl methyl sites for hydroxylation is 1. The molecule has 0 spiro atoms. The van der Waals surface area contributed by atoms with E-state index >= 15 is 0 Å². The maximum Gasteiger partial charge on any atom is 0.412 e. The summed E-state index contributed by atoms with van der Waals surface area (Å²) >= 11 is 1.46. The second-order valence-corrected chi connectivity index (χ2v) is 10.7. The molecule has 0 aliphatic carbocycles. The number of aromatic nitrogens is 1. The number of anilines is 1. The van der Waals surface area contributed by atoms with Crippen molar-refractivity contribution in [3.63, 3.8) is 0 Å². The summed E-state index contributed by atoms with van der Waals surface area (Å²) in [7, 11) is 1.48. The van der Waals surface area contributed by atoms with Gasteiger partial charge >= 0.3 is 6.09 Å². The summed E-state index contributed by atoms with van der Waals surface area (Å²) in [5.74, 6) is -0.0966. The van der Waals surface area contributed by atoms with Crippen LogP contribution in [0.1, 0.15) is 77.2 Å². The molecule has 1 aromatic carbocycles. The van der Waals surface area contributed by atoms with Crippen molar-refractivity contribution in [2.45, 2.75) is 78.8 Å². The highest BCUT2D eigenvalue weighted by Gasteiger charge is 2.29. The molecular formula is C24H35N3O4S. The molecule has 2 rings (SSSR count). The lowest BCUT2D eigenvalue weighted by Gasteiger charge is -2.33. The summed E-state index contributed by atoms with van der Waals surface area (Å²) in [5.41, 5.74) is 0.868. The zero-order chi connectivity index (χ0) is 24.3. The topological polar surface area (TPSA) is 84.1 Å². The Morgan fingerprint density at radius 2 is 1.84 bits per heavy atom. The van der Waals surface area contributed by atoms with Gasteiger partial charge in [-0.2, -0.15) is 4.99 Å². The predicted octanol–water partition coefficient (Wildman–Crippen LogP) is 5.68. The Morgan fingerprint density at radius 3 is 2.34 bits per heavy atom. The molecule has 0 bridgehead atoms. The van der Waals surface area contributed by atoms with Crippen LogP contribution in [0.4, 0.5) is 10.5 Å². The molecule has 0 saturated carbocycles. The van der Waals surface area contributed by atoms with Gasteiger partial charge < -0.3 is 9.84 Å². The Bertz CT molecular complexity index is 1040. The van der Waals surface area contributed by atoms with Crippen molar-refractivity contribution >= 4 is 29.2 Å². The molecule has 0 unspecified atom stereocenters. The fourth-order valence-corrected chi connectivity index (χ4v) is 4.31. The summed E-state index contributed by atoms with van der Waals surface area (Å²) in [6, 6.07) is 4.79. The predicted molar refractivity (Wildman–Crippen MR) is 129 cm³/mol. The minimum absolute atomic E-state index is 0.116. The molecule has 0 radical (unpaired) electrons. The van der Waals surface area contributed by atoms with Gasteiger partial charge in [0.05, 0.1) is 12.7 Å². The quantitative estimate of drug-likeness (QED) is 0.600. The van der Waals surface area contributed by atoms with Crippen LogP contribution in [0.15, 0.2) is 29.4 Å². The molecule has 1 aromatic heterocycles. The molecular weight excluding hydrogens is 426 g/mol. The first-order valence-electron chi connectivity index (χ1n) is 10.8. The molecule has 0 aliphatic rings. The largest absolute Gasteiger partial charge is 0.496 e. The number of hydrogen-bond acceptors (Lipinski definition) is 4. The number of amides is 2. The van der Waals surface area contributed by atoms with Gasteiger partial charge in [-0.05, 0) is 84.1 Å². The maximum absolute atomic E-state index is 13.3. The van der Waals surface area contributed by atoms with E-state index in [0.717, 1.165) is 24.8 Å². The number of carbonyl (C=O) groups is 2. The zero-order valence-electron chi connectivity index (χ0n) is 20.4. The van der Waals surface area contributed by atoms with Crippen molar-refractivity contribution in [2.75, 3.05) is 12.0 Å². The van der Waals surface area contributed by atoms with Crippen LogP contribution in [0.5, 0.6) is 5.75 Å². The Labute approximate surface area is 194 Å². The minimum Gasteiger partial charge on any atom is -0.496 e. The third kappa shape index (κ3) is 6.00. The molecule has 7 nitrogen and oxygen atoms in total. The zero-order valence-corrected chi connectivity index (χ0v) is 21.2. The SMILES string of the molecule is CCCCc1cn(C(C)(C)C)sc1=NC(=O)c1cc(N(C(=O)O)C(C)(C)C)ccc1OC. The number of ether oxygens (including phenoxy) is 1. The highest BCUT2D eigenvalue weighted by atomic mass is 32.1. The molecule has 0 aliphatic heterocycles. The number of carbonyl (C=O) groups excluding carboxylic acids is 1. The van der Waals surface area contributed by atoms with E-state index in [2.05, 4.69) is 42.8 Å². The van der Waals surface area contributed by atoms with E-state index in [1.165, 1.54) is 23.5 Å². The van der Waals surface area contributed by atoms with Crippen molar-refractivity contribution < 1.29 is 19.4 Å². The lowest BCUT2D eigenvalue weighted by molar-refractivity contribution is 0.0995. The molecule has 8 heteroatoms. The van der Waals surface area contributed by atoms with Gasteiger partial charge in [0.25, 0.3) is 5.91 Å². The fraction of sp³-hybridized carbons (Fsp3) is 0.542. The number of unbranched alkanes of at least 4 members (excludes halogenated alkanes) is 1. The van der Waals surface area contributed by atoms with Gasteiger partial charge in [-0.1, -0.05) is 13.3 Å². The lowest BCUT2D eigenvalue weighted by Crippen LogP contribution is -2.45. The highest BCUT2D eigenvalue weighted by Crippen LogP contribution is 2.30. The molecule has 0 saturated heterocycles. The Morgan fingerprint density at radius 1 is 1.19 bits per heavy atom. The summed E-state index contributed by atoms with van der Waals surface area (Å²) < 4.78 is 8.18. The summed E-state index contributed by atoms with van der Waals surface area (Å²) in [6.07, 6.45) is 3.88. The number of nitrogens with zero attached hydrogens (tertiary/aromatic N) is 3. The average Bonchev–Trinajstić information content (AvgIpc) is 3.07. The van der Waals surface area contributed by atoms with Gasteiger partial charge in [0.1, 0.15) is 10.4 Å². The van der Waals surface area contributed by atoms with Gasteiger partial charge in [0, 0.05) is 28.5 Å². The average molecular weight is 462 g/mol. The van der Waals surface area contributed by atoms with Gasteiger partial charge in [-0.3, -0.25) is 13.7 Å². The Balaban J connectivity index is 2.61. The first-order valence-corrected chi connectivity index (χ1v) is 11.6. The minimum atomic E-state index is -1.09. The third-order valence-electron chi connectivity index (χ3n) is 4.93. The van der Waals surface area contributed by atoms with E-state index in [-0.39, 0.29) is 11.1 Å². The van der Waals surface area contributed by atoms with E-state index in [0.29, 0.717) is 16.1 Å². The number of hydrogen-bond donors (Lipinski definition) is 1. The van der Waals surface area contributed by atoms with E-state index < -0.39 is 17.5 Å². The third-order valence-corrected chi connectivity index (χ3v) is 6.31. The van der Waals surface area contributed by atoms with Gasteiger partial charge in [-0.25, -0.2) is 4.79 Å². The fourth-order valence-electron chi connectivity index (χ4n) is 3.28. The van der Waals surface area contributed by atoms with Crippen molar-refractivity contribution in [3.05, 3.63) is 40.2 Å². The van der Waals surface area contributed by atoms with Gasteiger partial charge in [0.2, 0.25) is 0 Å². The lowest BCUT2D eigenvalue weighted by atomic mass is 10.0. The Kier molecular flexibility index (Phi) is 7.93. The molecule has 0 fully saturated rings. The molecule has 176 valence electrons. The molecule has 32 heavy (non-hydrogen) atoms. The molecule has 2 amide bonds. The number of carboxylic acid groups (broad SMARTS) is 1. The van der Waals surface area contributed by atoms with Crippen molar-refractivity contribution in [1.29, 1.82) is 0 Å². The molecule has 1 N–H and O–H groups in total. The first kappa shape index (κ1) is 25.6. The molecule has 1 heterocycles. The second kappa shape index (κ2) is 9.90. The van der Waals surface area contributed by atoms with Crippen molar-refractivity contribution in [1.82, 2.24) is 3.96 Å². The molecule has 2 aromatic rings. The van der Waals surface area contributed by atoms with Crippen LogP contribution in [0.3, 0.4) is 0 Å². The van der Waals surface area contributed by atoms with Gasteiger partial charge in [-0.15, -0.1) is 0 Å². The van der Waals surface area contributed by atoms with Crippen LogP contribution < -0.4 is 14.3 Å². The Hall–Kier alpha value is -2.61. The maximum atomic E-state index is 13.3. The van der Waals surface area contributed by atoms with Crippen LogP contribution in [0.2, 0.25) is 0 Å². The molecule has 0 atom stereocenters. The normalized spacial score (nSPS) is 12.7. The van der Waals surface area contributed by atoms with Crippen LogP contribution >= 0.6 is 11.5 Å². The van der Waals surface area contributed by atoms with Crippen LogP contribution in [-0.2, 0) is 12.0 Å². The van der Waals surface area contributed by atoms with E-state index in [9.17, 15) is 14.7 Å². The number of rotatable bonds is 6. The summed E-state index contributed by atoms with van der Waals surface area (Å²) in [4.78, 5) is 30.8. The van der Waals surface area contributed by atoms with Gasteiger partial charge in [0.15, 0.2) is 0 Å². The monoisotopic (exact) mass is 461 g/mol. The van der Waals surface area contributed by atoms with Crippen molar-refractivity contribution in [2.24, 2.45) is 4.99 Å².